The van der Waals surface area contributed by atoms with Crippen LogP contribution in [0, 0.1) is 5.92 Å². The molecule has 3 N–H and O–H groups in total. The number of nitrogens with one attached hydrogen (secondary N) is 2. The number of aliphatic imine (C=N–C) groups is 1. The Morgan fingerprint density at radius 2 is 1.96 bits per heavy atom. The molecule has 0 aliphatic heterocycles. The smallest absolute Gasteiger partial charge is 0.191 e. The number of hydrogen-bond acceptors (Lipinski definition) is 4. The third-order valence-corrected chi connectivity index (χ3v) is 3.85. The average molecular weight is 479 g/mol. The highest BCUT2D eigenvalue weighted by Gasteiger charge is 2.13. The molecular weight excluding hydrogens is 445 g/mol. The van der Waals surface area contributed by atoms with Gasteiger partial charge < -0.3 is 25.2 Å². The Morgan fingerprint density at radius 3 is 2.50 bits per heavy atom. The van der Waals surface area contributed by atoms with E-state index in [2.05, 4.69) is 29.5 Å². The van der Waals surface area contributed by atoms with E-state index in [-0.39, 0.29) is 35.8 Å². The summed E-state index contributed by atoms with van der Waals surface area (Å²) in [5, 5.41) is 16.4. The van der Waals surface area contributed by atoms with Crippen LogP contribution in [0.25, 0.3) is 0 Å². The van der Waals surface area contributed by atoms with Crippen LogP contribution >= 0.6 is 24.0 Å². The van der Waals surface area contributed by atoms with Gasteiger partial charge in [0.25, 0.3) is 0 Å². The first-order chi connectivity index (χ1) is 12.0. The molecule has 1 aromatic rings. The lowest BCUT2D eigenvalue weighted by atomic mass is 10.0. The van der Waals surface area contributed by atoms with Crippen molar-refractivity contribution >= 4 is 29.9 Å². The molecule has 0 amide bonds. The monoisotopic (exact) mass is 479 g/mol. The van der Waals surface area contributed by atoms with Crippen LogP contribution < -0.4 is 15.4 Å². The zero-order chi connectivity index (χ0) is 18.7. The van der Waals surface area contributed by atoms with E-state index < -0.39 is 0 Å². The third-order valence-electron chi connectivity index (χ3n) is 3.85. The van der Waals surface area contributed by atoms with Crippen LogP contribution in [0.1, 0.15) is 39.7 Å². The summed E-state index contributed by atoms with van der Waals surface area (Å²) in [5.74, 6) is 1.85. The van der Waals surface area contributed by atoms with Crippen LogP contribution in [-0.2, 0) is 11.3 Å². The van der Waals surface area contributed by atoms with Crippen LogP contribution in [0.15, 0.2) is 23.2 Å². The Bertz CT molecular complexity index is 539. The Hall–Kier alpha value is -1.22. The second kappa shape index (κ2) is 13.9. The average Bonchev–Trinajstić information content (AvgIpc) is 2.58. The Balaban J connectivity index is 0.00000625. The molecule has 7 heteroatoms. The first-order valence-corrected chi connectivity index (χ1v) is 9.01. The molecule has 1 atom stereocenters. The van der Waals surface area contributed by atoms with Crippen molar-refractivity contribution in [2.75, 3.05) is 26.8 Å². The predicted molar refractivity (Wildman–Crippen MR) is 118 cm³/mol. The quantitative estimate of drug-likeness (QED) is 0.272. The van der Waals surface area contributed by atoms with Gasteiger partial charge in [-0.15, -0.1) is 24.0 Å². The number of benzene rings is 1. The van der Waals surface area contributed by atoms with Crippen molar-refractivity contribution < 1.29 is 14.6 Å². The van der Waals surface area contributed by atoms with E-state index >= 15 is 0 Å². The maximum absolute atomic E-state index is 9.85. The zero-order valence-electron chi connectivity index (χ0n) is 16.5. The van der Waals surface area contributed by atoms with Crippen molar-refractivity contribution in [3.8, 4) is 11.5 Å². The standard InChI is InChI=1S/C19H33N3O3.HI/c1-6-20-19(21-11-10-17(14(3)4)25-7-2)22-13-15-8-9-18(24-5)16(23)12-15;/h8-9,12,14,17,23H,6-7,10-11,13H2,1-5H3,(H2,20,21,22);1H. The van der Waals surface area contributed by atoms with Gasteiger partial charge in [0.15, 0.2) is 17.5 Å². The van der Waals surface area contributed by atoms with Gasteiger partial charge in [-0.25, -0.2) is 4.99 Å². The van der Waals surface area contributed by atoms with Gasteiger partial charge >= 0.3 is 0 Å². The molecule has 0 aliphatic rings. The van der Waals surface area contributed by atoms with Crippen LogP contribution in [0.2, 0.25) is 0 Å². The molecule has 6 nitrogen and oxygen atoms in total. The number of methoxy groups -OCH3 is 1. The van der Waals surface area contributed by atoms with Crippen molar-refractivity contribution in [2.45, 2.75) is 46.8 Å². The summed E-state index contributed by atoms with van der Waals surface area (Å²) in [5.41, 5.74) is 0.921. The highest BCUT2D eigenvalue weighted by atomic mass is 127. The van der Waals surface area contributed by atoms with E-state index in [1.165, 1.54) is 7.11 Å². The minimum atomic E-state index is 0. The Labute approximate surface area is 174 Å². The summed E-state index contributed by atoms with van der Waals surface area (Å²) in [6.07, 6.45) is 1.18. The van der Waals surface area contributed by atoms with Gasteiger partial charge in [0.05, 0.1) is 19.8 Å². The van der Waals surface area contributed by atoms with Crippen molar-refractivity contribution in [2.24, 2.45) is 10.9 Å². The van der Waals surface area contributed by atoms with Gasteiger partial charge in [0, 0.05) is 19.7 Å². The van der Waals surface area contributed by atoms with Crippen LogP contribution in [-0.4, -0.2) is 44.0 Å². The maximum atomic E-state index is 9.85. The second-order valence-corrected chi connectivity index (χ2v) is 6.15. The molecule has 0 saturated carbocycles. The maximum Gasteiger partial charge on any atom is 0.191 e. The number of phenols is 1. The summed E-state index contributed by atoms with van der Waals surface area (Å²) in [6.45, 7) is 11.2. The highest BCUT2D eigenvalue weighted by molar-refractivity contribution is 14.0. The number of ether oxygens (including phenoxy) is 2. The summed E-state index contributed by atoms with van der Waals surface area (Å²) in [7, 11) is 1.53. The van der Waals surface area contributed by atoms with E-state index in [4.69, 9.17) is 9.47 Å². The number of aromatic hydroxyl groups is 1. The van der Waals surface area contributed by atoms with Crippen LogP contribution in [0.3, 0.4) is 0 Å². The van der Waals surface area contributed by atoms with E-state index in [1.807, 2.05) is 19.9 Å². The molecule has 0 heterocycles. The fourth-order valence-electron chi connectivity index (χ4n) is 2.50. The zero-order valence-corrected chi connectivity index (χ0v) is 18.9. The molecule has 1 aromatic carbocycles. The first-order valence-electron chi connectivity index (χ1n) is 9.01. The number of nitrogens with zero attached hydrogens (tertiary/aromatic N) is 1. The third kappa shape index (κ3) is 8.93. The van der Waals surface area contributed by atoms with Gasteiger partial charge in [-0.05, 0) is 43.9 Å². The van der Waals surface area contributed by atoms with Crippen molar-refractivity contribution in [1.82, 2.24) is 10.6 Å². The van der Waals surface area contributed by atoms with Gasteiger partial charge in [0.2, 0.25) is 0 Å². The summed E-state index contributed by atoms with van der Waals surface area (Å²) >= 11 is 0. The number of rotatable bonds is 10. The molecule has 26 heavy (non-hydrogen) atoms. The van der Waals surface area contributed by atoms with Crippen molar-refractivity contribution in [1.29, 1.82) is 0 Å². The molecule has 1 rings (SSSR count). The van der Waals surface area contributed by atoms with Gasteiger partial charge in [0.1, 0.15) is 0 Å². The minimum absolute atomic E-state index is 0. The van der Waals surface area contributed by atoms with Crippen LogP contribution in [0.5, 0.6) is 11.5 Å². The molecule has 150 valence electrons. The largest absolute Gasteiger partial charge is 0.504 e. The molecule has 0 spiro atoms. The SMILES string of the molecule is CCNC(=NCc1ccc(OC)c(O)c1)NCCC(OCC)C(C)C.I. The van der Waals surface area contributed by atoms with E-state index in [1.54, 1.807) is 12.1 Å². The Morgan fingerprint density at radius 1 is 1.23 bits per heavy atom. The molecular formula is C19H34IN3O3. The topological polar surface area (TPSA) is 75.1 Å². The second-order valence-electron chi connectivity index (χ2n) is 6.15. The fourth-order valence-corrected chi connectivity index (χ4v) is 2.50. The van der Waals surface area contributed by atoms with E-state index in [0.29, 0.717) is 18.2 Å². The number of phenolic OH excluding ortho intramolecular Hbond substituents is 1. The molecule has 0 radical (unpaired) electrons. The molecule has 1 unspecified atom stereocenters. The molecule has 0 bridgehead atoms. The molecule has 0 aromatic heterocycles. The van der Waals surface area contributed by atoms with Crippen molar-refractivity contribution in [3.63, 3.8) is 0 Å². The number of guanidine groups is 1. The highest BCUT2D eigenvalue weighted by Crippen LogP contribution is 2.26. The normalized spacial score (nSPS) is 12.5. The summed E-state index contributed by atoms with van der Waals surface area (Å²) < 4.78 is 10.8. The van der Waals surface area contributed by atoms with Gasteiger partial charge in [-0.1, -0.05) is 19.9 Å². The fraction of sp³-hybridized carbons (Fsp3) is 0.632. The van der Waals surface area contributed by atoms with Crippen molar-refractivity contribution in [3.05, 3.63) is 23.8 Å². The first kappa shape index (κ1) is 24.8. The summed E-state index contributed by atoms with van der Waals surface area (Å²) in [6, 6.07) is 5.32. The molecule has 0 fully saturated rings. The summed E-state index contributed by atoms with van der Waals surface area (Å²) in [4.78, 5) is 4.57. The molecule has 0 saturated heterocycles. The Kier molecular flexibility index (Phi) is 13.3. The van der Waals surface area contributed by atoms with E-state index in [0.717, 1.165) is 37.6 Å². The van der Waals surface area contributed by atoms with Gasteiger partial charge in [-0.3, -0.25) is 0 Å². The number of halogens is 1. The lowest BCUT2D eigenvalue weighted by Crippen LogP contribution is -2.39. The minimum Gasteiger partial charge on any atom is -0.504 e. The van der Waals surface area contributed by atoms with E-state index in [9.17, 15) is 5.11 Å². The van der Waals surface area contributed by atoms with Gasteiger partial charge in [-0.2, -0.15) is 0 Å². The number of hydrogen-bond donors (Lipinski definition) is 3. The lowest BCUT2D eigenvalue weighted by Gasteiger charge is -2.21. The lowest BCUT2D eigenvalue weighted by molar-refractivity contribution is 0.0258. The predicted octanol–water partition coefficient (Wildman–Crippen LogP) is 3.53. The molecule has 0 aliphatic carbocycles. The van der Waals surface area contributed by atoms with Crippen LogP contribution in [0.4, 0.5) is 0 Å².